The largest absolute Gasteiger partial charge is 0.497 e. The van der Waals surface area contributed by atoms with E-state index < -0.39 is 9.84 Å². The number of nitrogens with zero attached hydrogens (tertiary/aromatic N) is 2. The molecule has 158 valence electrons. The molecule has 6 heteroatoms. The molecule has 0 unspecified atom stereocenters. The number of hydrogen-bond acceptors (Lipinski definition) is 5. The fourth-order valence-electron chi connectivity index (χ4n) is 4.11. The number of fused-ring (bicyclic) bond motifs is 1. The van der Waals surface area contributed by atoms with E-state index in [1.807, 2.05) is 30.3 Å². The van der Waals surface area contributed by atoms with Crippen molar-refractivity contribution < 1.29 is 13.2 Å². The van der Waals surface area contributed by atoms with Gasteiger partial charge in [0.05, 0.1) is 23.2 Å². The van der Waals surface area contributed by atoms with E-state index in [-0.39, 0.29) is 4.90 Å². The third kappa shape index (κ3) is 3.88. The van der Waals surface area contributed by atoms with E-state index in [0.717, 1.165) is 54.5 Å². The minimum atomic E-state index is -3.71. The molecule has 0 amide bonds. The van der Waals surface area contributed by atoms with Gasteiger partial charge in [0, 0.05) is 24.7 Å². The topological polar surface area (TPSA) is 59.5 Å². The van der Waals surface area contributed by atoms with Gasteiger partial charge < -0.3 is 9.64 Å². The van der Waals surface area contributed by atoms with Gasteiger partial charge in [0.1, 0.15) is 10.6 Å². The van der Waals surface area contributed by atoms with Crippen LogP contribution >= 0.6 is 0 Å². The summed E-state index contributed by atoms with van der Waals surface area (Å²) < 4.78 is 32.8. The van der Waals surface area contributed by atoms with E-state index in [1.54, 1.807) is 19.2 Å². The summed E-state index contributed by atoms with van der Waals surface area (Å²) in [7, 11) is -2.09. The average molecular weight is 425 g/mol. The van der Waals surface area contributed by atoms with Gasteiger partial charge in [-0.2, -0.15) is 0 Å². The predicted octanol–water partition coefficient (Wildman–Crippen LogP) is 5.02. The molecule has 0 aliphatic carbocycles. The maximum absolute atomic E-state index is 13.7. The Morgan fingerprint density at radius 3 is 2.33 bits per heavy atom. The van der Waals surface area contributed by atoms with Gasteiger partial charge in [-0.05, 0) is 55.2 Å². The first kappa shape index (κ1) is 20.7. The van der Waals surface area contributed by atoms with Gasteiger partial charge in [-0.25, -0.2) is 8.42 Å². The number of benzene rings is 2. The second-order valence-corrected chi connectivity index (χ2v) is 9.67. The minimum absolute atomic E-state index is 0.273. The second-order valence-electron chi connectivity index (χ2n) is 7.76. The van der Waals surface area contributed by atoms with Gasteiger partial charge in [-0.1, -0.05) is 31.9 Å². The highest BCUT2D eigenvalue weighted by Gasteiger charge is 2.27. The maximum Gasteiger partial charge on any atom is 0.210 e. The van der Waals surface area contributed by atoms with Gasteiger partial charge in [0.15, 0.2) is 0 Å². The Hall–Kier alpha value is -2.60. The van der Waals surface area contributed by atoms with Gasteiger partial charge in [-0.15, -0.1) is 0 Å². The lowest BCUT2D eigenvalue weighted by molar-refractivity contribution is 0.415. The molecule has 0 atom stereocenters. The molecule has 1 aromatic heterocycles. The predicted molar refractivity (Wildman–Crippen MR) is 120 cm³/mol. The molecular weight excluding hydrogens is 396 g/mol. The van der Waals surface area contributed by atoms with Crippen LogP contribution in [-0.4, -0.2) is 33.6 Å². The molecule has 1 saturated heterocycles. The van der Waals surface area contributed by atoms with Crippen LogP contribution in [0.3, 0.4) is 0 Å². The fourth-order valence-corrected chi connectivity index (χ4v) is 5.55. The number of pyridine rings is 1. The molecule has 0 saturated carbocycles. The van der Waals surface area contributed by atoms with E-state index in [0.29, 0.717) is 10.6 Å². The van der Waals surface area contributed by atoms with Crippen molar-refractivity contribution in [3.63, 3.8) is 0 Å². The Balaban J connectivity index is 1.94. The van der Waals surface area contributed by atoms with Crippen molar-refractivity contribution in [2.45, 2.75) is 48.8 Å². The summed E-state index contributed by atoms with van der Waals surface area (Å²) in [6.07, 6.45) is 6.85. The van der Waals surface area contributed by atoms with Crippen molar-refractivity contribution in [3.8, 4) is 5.75 Å². The number of aromatic nitrogens is 1. The van der Waals surface area contributed by atoms with E-state index in [1.165, 1.54) is 19.0 Å². The number of aryl methyl sites for hydroxylation is 1. The summed E-state index contributed by atoms with van der Waals surface area (Å²) in [6.45, 7) is 3.74. The quantitative estimate of drug-likeness (QED) is 0.576. The van der Waals surface area contributed by atoms with Crippen LogP contribution in [0.1, 0.15) is 38.2 Å². The van der Waals surface area contributed by atoms with Crippen molar-refractivity contribution in [3.05, 3.63) is 54.2 Å². The molecule has 3 aromatic rings. The van der Waals surface area contributed by atoms with Gasteiger partial charge in [0.25, 0.3) is 0 Å². The lowest BCUT2D eigenvalue weighted by Gasteiger charge is -2.27. The number of anilines is 1. The monoisotopic (exact) mass is 424 g/mol. The zero-order valence-electron chi connectivity index (χ0n) is 17.6. The molecule has 0 radical (unpaired) electrons. The first-order valence-electron chi connectivity index (χ1n) is 10.6. The van der Waals surface area contributed by atoms with Gasteiger partial charge in [0.2, 0.25) is 9.84 Å². The number of hydrogen-bond donors (Lipinski definition) is 0. The minimum Gasteiger partial charge on any atom is -0.497 e. The molecule has 0 bridgehead atoms. The summed E-state index contributed by atoms with van der Waals surface area (Å²) >= 11 is 0. The van der Waals surface area contributed by atoms with E-state index in [9.17, 15) is 8.42 Å². The third-order valence-electron chi connectivity index (χ3n) is 5.87. The van der Waals surface area contributed by atoms with Gasteiger partial charge in [-0.3, -0.25) is 4.98 Å². The number of rotatable bonds is 5. The number of ether oxygens (including phenoxy) is 1. The van der Waals surface area contributed by atoms with Crippen molar-refractivity contribution in [1.29, 1.82) is 0 Å². The Morgan fingerprint density at radius 2 is 1.70 bits per heavy atom. The molecule has 1 fully saturated rings. The first-order chi connectivity index (χ1) is 14.5. The average Bonchev–Trinajstić information content (AvgIpc) is 3.07. The van der Waals surface area contributed by atoms with E-state index >= 15 is 0 Å². The van der Waals surface area contributed by atoms with Crippen LogP contribution in [0.4, 0.5) is 5.69 Å². The molecule has 1 aliphatic rings. The van der Waals surface area contributed by atoms with E-state index in [2.05, 4.69) is 16.8 Å². The molecule has 2 aromatic carbocycles. The zero-order chi connectivity index (χ0) is 21.1. The zero-order valence-corrected chi connectivity index (χ0v) is 18.4. The molecule has 4 rings (SSSR count). The number of methoxy groups -OCH3 is 1. The summed E-state index contributed by atoms with van der Waals surface area (Å²) in [5.74, 6) is 0.696. The molecule has 30 heavy (non-hydrogen) atoms. The highest BCUT2D eigenvalue weighted by Crippen LogP contribution is 2.38. The van der Waals surface area contributed by atoms with Crippen LogP contribution in [0, 0.1) is 0 Å². The fraction of sp³-hybridized carbons (Fsp3) is 0.375. The summed E-state index contributed by atoms with van der Waals surface area (Å²) in [6, 6.07) is 12.8. The van der Waals surface area contributed by atoms with Crippen molar-refractivity contribution in [1.82, 2.24) is 4.98 Å². The SMILES string of the molecule is CCc1ccc(S(=O)(=O)c2cnc3ccc(OC)cc3c2N2CCCCCC2)cc1. The normalized spacial score (nSPS) is 15.2. The Kier molecular flexibility index (Phi) is 5.95. The summed E-state index contributed by atoms with van der Waals surface area (Å²) in [5.41, 5.74) is 2.64. The second kappa shape index (κ2) is 8.64. The Labute approximate surface area is 178 Å². The van der Waals surface area contributed by atoms with Crippen LogP contribution in [-0.2, 0) is 16.3 Å². The maximum atomic E-state index is 13.7. The first-order valence-corrected chi connectivity index (χ1v) is 12.1. The van der Waals surface area contributed by atoms with Crippen molar-refractivity contribution in [2.24, 2.45) is 0 Å². The molecular formula is C24H28N2O3S. The van der Waals surface area contributed by atoms with Crippen LogP contribution in [0.25, 0.3) is 10.9 Å². The molecule has 1 aliphatic heterocycles. The number of sulfone groups is 1. The van der Waals surface area contributed by atoms with Crippen LogP contribution in [0.2, 0.25) is 0 Å². The molecule has 2 heterocycles. The van der Waals surface area contributed by atoms with Gasteiger partial charge >= 0.3 is 0 Å². The molecule has 5 nitrogen and oxygen atoms in total. The van der Waals surface area contributed by atoms with Crippen LogP contribution in [0.5, 0.6) is 5.75 Å². The highest BCUT2D eigenvalue weighted by molar-refractivity contribution is 7.91. The standard InChI is InChI=1S/C24H28N2O3S/c1-3-18-8-11-20(12-9-18)30(27,28)23-17-25-22-13-10-19(29-2)16-21(22)24(23)26-14-6-4-5-7-15-26/h8-13,16-17H,3-7,14-15H2,1-2H3. The van der Waals surface area contributed by atoms with Crippen LogP contribution in [0.15, 0.2) is 58.5 Å². The third-order valence-corrected chi connectivity index (χ3v) is 7.64. The van der Waals surface area contributed by atoms with Crippen molar-refractivity contribution in [2.75, 3.05) is 25.1 Å². The lowest BCUT2D eigenvalue weighted by atomic mass is 10.1. The van der Waals surface area contributed by atoms with E-state index in [4.69, 9.17) is 4.74 Å². The van der Waals surface area contributed by atoms with Crippen LogP contribution < -0.4 is 9.64 Å². The summed E-state index contributed by atoms with van der Waals surface area (Å²) in [5, 5.41) is 0.822. The smallest absolute Gasteiger partial charge is 0.210 e. The highest BCUT2D eigenvalue weighted by atomic mass is 32.2. The Morgan fingerprint density at radius 1 is 1.00 bits per heavy atom. The summed E-state index contributed by atoms with van der Waals surface area (Å²) in [4.78, 5) is 7.30. The Bertz CT molecular complexity index is 1130. The molecule has 0 N–H and O–H groups in total. The van der Waals surface area contributed by atoms with Crippen molar-refractivity contribution >= 4 is 26.4 Å². The molecule has 0 spiro atoms. The lowest BCUT2D eigenvalue weighted by Crippen LogP contribution is -2.26.